The highest BCUT2D eigenvalue weighted by atomic mass is 16.3. The van der Waals surface area contributed by atoms with Gasteiger partial charge in [0.15, 0.2) is 0 Å². The molecule has 0 aliphatic heterocycles. The first-order chi connectivity index (χ1) is 33.2. The van der Waals surface area contributed by atoms with Gasteiger partial charge >= 0.3 is 0 Å². The Morgan fingerprint density at radius 1 is 0.333 bits per heavy atom. The average molecular weight is 668 g/mol. The number of rotatable bonds is 5. The minimum atomic E-state index is -0.728. The molecule has 10 aromatic rings. The van der Waals surface area contributed by atoms with Gasteiger partial charge in [0.25, 0.3) is 0 Å². The summed E-state index contributed by atoms with van der Waals surface area (Å²) in [5.74, 6) is 0. The van der Waals surface area contributed by atoms with Gasteiger partial charge in [-0.2, -0.15) is 0 Å². The summed E-state index contributed by atoms with van der Waals surface area (Å²) in [5, 5.41) is 1.05. The van der Waals surface area contributed by atoms with Crippen molar-refractivity contribution in [1.82, 2.24) is 0 Å². The van der Waals surface area contributed by atoms with Crippen molar-refractivity contribution in [2.45, 2.75) is 0 Å². The Morgan fingerprint density at radius 2 is 0.843 bits per heavy atom. The second kappa shape index (κ2) is 12.0. The highest BCUT2D eigenvalue weighted by molar-refractivity contribution is 6.25. The lowest BCUT2D eigenvalue weighted by Gasteiger charge is -2.18. The standard InChI is InChI=1S/C50H32O/c1-3-12-33(13-4-1)35-22-24-36(25-23-35)37-26-28-38(29-27-37)48-40-16-7-9-18-42(40)49(43-19-10-8-17-41(43)48)45-20-11-21-46-50(45)44-31-30-39(32-47(44)51-46)34-14-5-2-6-15-34/h1-32H/i2D,5D,6D,11D,14D,15D,20D,21D,22D,23D,24D,25D,26D,27D,28D,29D,30D,31D,32D. The van der Waals surface area contributed by atoms with Crippen LogP contribution in [0, 0.1) is 0 Å². The predicted octanol–water partition coefficient (Wildman–Crippen LogP) is 14.2. The number of furan rings is 1. The molecule has 1 nitrogen and oxygen atoms in total. The van der Waals surface area contributed by atoms with E-state index in [1.165, 1.54) is 0 Å². The number of fused-ring (bicyclic) bond motifs is 5. The maximum Gasteiger partial charge on any atom is 0.136 e. The van der Waals surface area contributed by atoms with Crippen LogP contribution in [0.4, 0.5) is 0 Å². The zero-order valence-electron chi connectivity index (χ0n) is 45.4. The number of hydrogen-bond donors (Lipinski definition) is 0. The normalized spacial score (nSPS) is 16.7. The van der Waals surface area contributed by atoms with Gasteiger partial charge in [0.1, 0.15) is 11.2 Å². The zero-order valence-corrected chi connectivity index (χ0v) is 26.4. The zero-order chi connectivity index (χ0) is 50.3. The first-order valence-electron chi connectivity index (χ1n) is 25.5. The summed E-state index contributed by atoms with van der Waals surface area (Å²) < 4.78 is 177. The molecule has 0 bridgehead atoms. The van der Waals surface area contributed by atoms with Gasteiger partial charge in [-0.3, -0.25) is 0 Å². The van der Waals surface area contributed by atoms with Crippen LogP contribution in [0.1, 0.15) is 26.0 Å². The van der Waals surface area contributed by atoms with E-state index < -0.39 is 143 Å². The Labute approximate surface area is 323 Å². The monoisotopic (exact) mass is 667 g/mol. The average Bonchev–Trinajstić information content (AvgIpc) is 3.76. The molecular weight excluding hydrogens is 617 g/mol. The lowest BCUT2D eigenvalue weighted by atomic mass is 9.84. The van der Waals surface area contributed by atoms with Gasteiger partial charge in [0, 0.05) is 10.8 Å². The Hall–Kier alpha value is -6.70. The Morgan fingerprint density at radius 3 is 1.47 bits per heavy atom. The maximum absolute atomic E-state index is 9.52. The van der Waals surface area contributed by atoms with Crippen LogP contribution in [-0.2, 0) is 0 Å². The van der Waals surface area contributed by atoms with Crippen molar-refractivity contribution in [3.63, 3.8) is 0 Å². The molecule has 1 heterocycles. The van der Waals surface area contributed by atoms with Gasteiger partial charge in [-0.25, -0.2) is 0 Å². The highest BCUT2D eigenvalue weighted by Gasteiger charge is 2.20. The fraction of sp³-hybridized carbons (Fsp3) is 0. The van der Waals surface area contributed by atoms with Crippen LogP contribution >= 0.6 is 0 Å². The van der Waals surface area contributed by atoms with E-state index in [0.717, 1.165) is 0 Å². The lowest BCUT2D eigenvalue weighted by Crippen LogP contribution is -1.91. The van der Waals surface area contributed by atoms with Gasteiger partial charge in [-0.15, -0.1) is 0 Å². The Bertz CT molecular complexity index is 3850. The summed E-state index contributed by atoms with van der Waals surface area (Å²) in [6.45, 7) is 0. The van der Waals surface area contributed by atoms with E-state index in [0.29, 0.717) is 27.1 Å². The molecule has 0 radical (unpaired) electrons. The van der Waals surface area contributed by atoms with Crippen LogP contribution in [0.15, 0.2) is 198 Å². The predicted molar refractivity (Wildman–Crippen MR) is 216 cm³/mol. The van der Waals surface area contributed by atoms with Crippen LogP contribution in [0.25, 0.3) is 99.1 Å². The fourth-order valence-corrected chi connectivity index (χ4v) is 6.55. The largest absolute Gasteiger partial charge is 0.456 e. The third kappa shape index (κ3) is 4.94. The van der Waals surface area contributed by atoms with Crippen molar-refractivity contribution in [3.05, 3.63) is 194 Å². The van der Waals surface area contributed by atoms with E-state index in [-0.39, 0.29) is 44.2 Å². The SMILES string of the molecule is [2H]c1c([2H])c([2H])c(-c2c([2H])c([2H])c3c(oc4c([2H])c([2H])c([2H])c(-c5c6ccccc6c(-c6c([2H])c([2H])c(-c7c([2H])c([2H])c(-c8ccccc8)c([2H])c7[2H])c([2H])c6[2H])c6ccccc56)c43)c2[2H])c([2H])c1[2H]. The van der Waals surface area contributed by atoms with Crippen LogP contribution in [-0.4, -0.2) is 0 Å². The summed E-state index contributed by atoms with van der Waals surface area (Å²) in [4.78, 5) is 0. The van der Waals surface area contributed by atoms with Crippen molar-refractivity contribution in [2.75, 3.05) is 0 Å². The third-order valence-corrected chi connectivity index (χ3v) is 8.82. The Balaban J connectivity index is 1.29. The fourth-order valence-electron chi connectivity index (χ4n) is 6.55. The summed E-state index contributed by atoms with van der Waals surface area (Å²) in [6, 6.07) is 10.1. The van der Waals surface area contributed by atoms with Crippen LogP contribution < -0.4 is 0 Å². The molecule has 0 aliphatic rings. The summed E-state index contributed by atoms with van der Waals surface area (Å²) in [6.07, 6.45) is 0. The topological polar surface area (TPSA) is 13.1 Å². The van der Waals surface area contributed by atoms with Crippen LogP contribution in [0.2, 0.25) is 0 Å². The van der Waals surface area contributed by atoms with Crippen LogP contribution in [0.5, 0.6) is 0 Å². The summed E-state index contributed by atoms with van der Waals surface area (Å²) in [5.41, 5.74) is -1.91. The Kier molecular flexibility index (Phi) is 3.74. The molecule has 1 aromatic heterocycles. The third-order valence-electron chi connectivity index (χ3n) is 8.82. The second-order valence-electron chi connectivity index (χ2n) is 11.7. The minimum absolute atomic E-state index is 0.00742. The van der Waals surface area contributed by atoms with Gasteiger partial charge in [-0.05, 0) is 95.3 Å². The second-order valence-corrected chi connectivity index (χ2v) is 11.7. The molecular formula is C50H32O. The van der Waals surface area contributed by atoms with Gasteiger partial charge in [-0.1, -0.05) is 176 Å². The molecule has 10 rings (SSSR count). The molecule has 0 fully saturated rings. The molecule has 0 aliphatic carbocycles. The number of hydrogen-bond acceptors (Lipinski definition) is 1. The van der Waals surface area contributed by atoms with Crippen molar-refractivity contribution in [1.29, 1.82) is 0 Å². The molecule has 0 N–H and O–H groups in total. The molecule has 0 unspecified atom stereocenters. The van der Waals surface area contributed by atoms with Crippen molar-refractivity contribution in [3.8, 4) is 55.6 Å². The van der Waals surface area contributed by atoms with Gasteiger partial charge in [0.2, 0.25) is 0 Å². The molecule has 51 heavy (non-hydrogen) atoms. The van der Waals surface area contributed by atoms with Crippen molar-refractivity contribution >= 4 is 43.5 Å². The van der Waals surface area contributed by atoms with E-state index >= 15 is 0 Å². The van der Waals surface area contributed by atoms with Gasteiger partial charge in [0.05, 0.1) is 26.0 Å². The van der Waals surface area contributed by atoms with E-state index in [2.05, 4.69) is 0 Å². The smallest absolute Gasteiger partial charge is 0.136 e. The maximum atomic E-state index is 9.52. The lowest BCUT2D eigenvalue weighted by molar-refractivity contribution is 0.669. The van der Waals surface area contributed by atoms with Crippen LogP contribution in [0.3, 0.4) is 0 Å². The molecule has 0 spiro atoms. The molecule has 9 aromatic carbocycles. The van der Waals surface area contributed by atoms with E-state index in [1.807, 2.05) is 0 Å². The van der Waals surface area contributed by atoms with Gasteiger partial charge < -0.3 is 4.42 Å². The molecule has 0 amide bonds. The first kappa shape index (κ1) is 15.9. The van der Waals surface area contributed by atoms with Crippen molar-refractivity contribution in [2.24, 2.45) is 0 Å². The quantitative estimate of drug-likeness (QED) is 0.167. The molecule has 0 saturated heterocycles. The van der Waals surface area contributed by atoms with E-state index in [1.54, 1.807) is 78.9 Å². The number of benzene rings is 9. The van der Waals surface area contributed by atoms with Crippen molar-refractivity contribution < 1.29 is 30.5 Å². The first-order valence-corrected chi connectivity index (χ1v) is 16.0. The summed E-state index contributed by atoms with van der Waals surface area (Å²) in [7, 11) is 0. The van der Waals surface area contributed by atoms with E-state index in [9.17, 15) is 11.0 Å². The molecule has 0 atom stereocenters. The molecule has 238 valence electrons. The van der Waals surface area contributed by atoms with E-state index in [4.69, 9.17) is 19.5 Å². The molecule has 1 heteroatoms. The molecule has 0 saturated carbocycles. The minimum Gasteiger partial charge on any atom is -0.456 e. The summed E-state index contributed by atoms with van der Waals surface area (Å²) >= 11 is 0. The highest BCUT2D eigenvalue weighted by Crippen LogP contribution is 2.47.